The maximum atomic E-state index is 12.7. The number of piperazine rings is 1. The Kier molecular flexibility index (Phi) is 7.72. The zero-order valence-electron chi connectivity index (χ0n) is 20.5. The molecule has 0 unspecified atom stereocenters. The molecule has 1 aliphatic rings. The second kappa shape index (κ2) is 10.9. The van der Waals surface area contributed by atoms with Gasteiger partial charge in [-0.05, 0) is 30.7 Å². The molecule has 9 heteroatoms. The maximum absolute atomic E-state index is 12.7. The molecule has 0 atom stereocenters. The van der Waals surface area contributed by atoms with E-state index >= 15 is 0 Å². The second-order valence-corrected chi connectivity index (χ2v) is 9.05. The SMILES string of the molecule is CCCCCCCn1c(CN2CCN(c3ccc(OC)cc3)CC2)nc2c1c(=O)[nH]c(=O)n2C. The van der Waals surface area contributed by atoms with Crippen molar-refractivity contribution in [2.75, 3.05) is 38.2 Å². The molecule has 0 saturated carbocycles. The number of methoxy groups -OCH3 is 1. The van der Waals surface area contributed by atoms with Gasteiger partial charge in [0, 0.05) is 45.5 Å². The molecule has 1 fully saturated rings. The van der Waals surface area contributed by atoms with Gasteiger partial charge in [0.1, 0.15) is 11.6 Å². The van der Waals surface area contributed by atoms with E-state index in [4.69, 9.17) is 9.72 Å². The molecule has 0 spiro atoms. The molecule has 184 valence electrons. The lowest BCUT2D eigenvalue weighted by atomic mass is 10.1. The number of aryl methyl sites for hydroxylation is 2. The average molecular weight is 469 g/mol. The molecule has 2 aromatic heterocycles. The summed E-state index contributed by atoms with van der Waals surface area (Å²) < 4.78 is 8.74. The summed E-state index contributed by atoms with van der Waals surface area (Å²) in [7, 11) is 3.34. The minimum absolute atomic E-state index is 0.352. The molecular weight excluding hydrogens is 432 g/mol. The van der Waals surface area contributed by atoms with Gasteiger partial charge in [0.15, 0.2) is 11.2 Å². The van der Waals surface area contributed by atoms with E-state index in [1.165, 1.54) is 29.5 Å². The first-order valence-electron chi connectivity index (χ1n) is 12.3. The van der Waals surface area contributed by atoms with Gasteiger partial charge in [-0.1, -0.05) is 32.6 Å². The number of unbranched alkanes of at least 4 members (excludes halogenated alkanes) is 4. The predicted molar refractivity (Wildman–Crippen MR) is 135 cm³/mol. The molecule has 4 rings (SSSR count). The third-order valence-electron chi connectivity index (χ3n) is 6.75. The highest BCUT2D eigenvalue weighted by atomic mass is 16.5. The number of H-pyrrole nitrogens is 1. The number of nitrogens with zero attached hydrogens (tertiary/aromatic N) is 5. The van der Waals surface area contributed by atoms with Gasteiger partial charge in [-0.3, -0.25) is 19.2 Å². The molecular formula is C25H36N6O3. The number of fused-ring (bicyclic) bond motifs is 1. The number of imidazole rings is 1. The first-order valence-corrected chi connectivity index (χ1v) is 12.3. The van der Waals surface area contributed by atoms with Crippen LogP contribution in [-0.4, -0.2) is 57.3 Å². The van der Waals surface area contributed by atoms with E-state index in [1.54, 1.807) is 14.2 Å². The van der Waals surface area contributed by atoms with Crippen LogP contribution in [0.1, 0.15) is 44.9 Å². The van der Waals surface area contributed by atoms with E-state index in [-0.39, 0.29) is 5.56 Å². The zero-order valence-corrected chi connectivity index (χ0v) is 20.5. The van der Waals surface area contributed by atoms with Crippen LogP contribution in [0.15, 0.2) is 33.9 Å². The molecule has 1 aliphatic heterocycles. The maximum Gasteiger partial charge on any atom is 0.329 e. The molecule has 0 radical (unpaired) electrons. The second-order valence-electron chi connectivity index (χ2n) is 9.05. The van der Waals surface area contributed by atoms with E-state index in [2.05, 4.69) is 33.8 Å². The molecule has 9 nitrogen and oxygen atoms in total. The van der Waals surface area contributed by atoms with Crippen molar-refractivity contribution in [1.29, 1.82) is 0 Å². The number of nitrogens with one attached hydrogen (secondary N) is 1. The normalized spacial score (nSPS) is 14.7. The third kappa shape index (κ3) is 5.19. The van der Waals surface area contributed by atoms with Crippen LogP contribution in [0.25, 0.3) is 11.2 Å². The molecule has 1 saturated heterocycles. The zero-order chi connectivity index (χ0) is 24.1. The van der Waals surface area contributed by atoms with Crippen molar-refractivity contribution in [3.8, 4) is 5.75 Å². The Morgan fingerprint density at radius 1 is 1.00 bits per heavy atom. The standard InChI is InChI=1S/C25H36N6O3/c1-4-5-6-7-8-13-31-21(26-23-22(31)24(32)27-25(33)28(23)2)18-29-14-16-30(17-15-29)19-9-11-20(34-3)12-10-19/h9-12H,4-8,13-18H2,1-3H3,(H,27,32,33). The van der Waals surface area contributed by atoms with Crippen LogP contribution in [0, 0.1) is 0 Å². The van der Waals surface area contributed by atoms with E-state index in [9.17, 15) is 9.59 Å². The number of anilines is 1. The fourth-order valence-corrected chi connectivity index (χ4v) is 4.67. The van der Waals surface area contributed by atoms with E-state index in [1.807, 2.05) is 16.7 Å². The van der Waals surface area contributed by atoms with Crippen LogP contribution in [0.5, 0.6) is 5.75 Å². The highest BCUT2D eigenvalue weighted by molar-refractivity contribution is 5.70. The van der Waals surface area contributed by atoms with Gasteiger partial charge in [-0.15, -0.1) is 0 Å². The largest absolute Gasteiger partial charge is 0.497 e. The minimum atomic E-state index is -0.426. The van der Waals surface area contributed by atoms with Gasteiger partial charge < -0.3 is 14.2 Å². The third-order valence-corrected chi connectivity index (χ3v) is 6.75. The summed E-state index contributed by atoms with van der Waals surface area (Å²) in [5.74, 6) is 1.72. The van der Waals surface area contributed by atoms with Gasteiger partial charge in [0.05, 0.1) is 13.7 Å². The highest BCUT2D eigenvalue weighted by Crippen LogP contribution is 2.22. The van der Waals surface area contributed by atoms with Crippen LogP contribution in [-0.2, 0) is 20.1 Å². The Bertz CT molecular complexity index is 1200. The lowest BCUT2D eigenvalue weighted by Gasteiger charge is -2.36. The van der Waals surface area contributed by atoms with Crippen molar-refractivity contribution in [3.63, 3.8) is 0 Å². The monoisotopic (exact) mass is 468 g/mol. The summed E-state index contributed by atoms with van der Waals surface area (Å²) in [6.45, 7) is 7.25. The molecule has 1 N–H and O–H groups in total. The van der Waals surface area contributed by atoms with Crippen molar-refractivity contribution >= 4 is 16.9 Å². The van der Waals surface area contributed by atoms with Gasteiger partial charge >= 0.3 is 5.69 Å². The van der Waals surface area contributed by atoms with Crippen LogP contribution in [0.2, 0.25) is 0 Å². The molecule has 34 heavy (non-hydrogen) atoms. The van der Waals surface area contributed by atoms with Gasteiger partial charge in [-0.2, -0.15) is 0 Å². The fraction of sp³-hybridized carbons (Fsp3) is 0.560. The molecule has 3 aromatic rings. The van der Waals surface area contributed by atoms with E-state index in [0.717, 1.165) is 57.1 Å². The number of hydrogen-bond acceptors (Lipinski definition) is 6. The number of benzene rings is 1. The van der Waals surface area contributed by atoms with Crippen molar-refractivity contribution in [2.45, 2.75) is 52.1 Å². The Morgan fingerprint density at radius 2 is 1.71 bits per heavy atom. The van der Waals surface area contributed by atoms with Gasteiger partial charge in [0.2, 0.25) is 0 Å². The Labute approximate surface area is 200 Å². The molecule has 3 heterocycles. The minimum Gasteiger partial charge on any atom is -0.497 e. The summed E-state index contributed by atoms with van der Waals surface area (Å²) >= 11 is 0. The van der Waals surface area contributed by atoms with Crippen molar-refractivity contribution in [1.82, 2.24) is 24.0 Å². The van der Waals surface area contributed by atoms with E-state index < -0.39 is 5.69 Å². The summed E-state index contributed by atoms with van der Waals surface area (Å²) in [6, 6.07) is 8.18. The van der Waals surface area contributed by atoms with Crippen molar-refractivity contribution in [3.05, 3.63) is 50.9 Å². The summed E-state index contributed by atoms with van der Waals surface area (Å²) in [5, 5.41) is 0. The summed E-state index contributed by atoms with van der Waals surface area (Å²) in [6.07, 6.45) is 5.73. The van der Waals surface area contributed by atoms with Gasteiger partial charge in [0.25, 0.3) is 5.56 Å². The molecule has 0 bridgehead atoms. The van der Waals surface area contributed by atoms with Crippen LogP contribution in [0.3, 0.4) is 0 Å². The Hall–Kier alpha value is -3.07. The molecule has 0 aliphatic carbocycles. The number of ether oxygens (including phenoxy) is 1. The first-order chi connectivity index (χ1) is 16.5. The number of aromatic nitrogens is 4. The molecule has 1 aromatic carbocycles. The number of rotatable bonds is 10. The quantitative estimate of drug-likeness (QED) is 0.461. The lowest BCUT2D eigenvalue weighted by Crippen LogP contribution is -2.46. The van der Waals surface area contributed by atoms with Crippen LogP contribution >= 0.6 is 0 Å². The molecule has 0 amide bonds. The summed E-state index contributed by atoms with van der Waals surface area (Å²) in [4.78, 5) is 36.8. The van der Waals surface area contributed by atoms with Crippen LogP contribution < -0.4 is 20.9 Å². The van der Waals surface area contributed by atoms with Gasteiger partial charge in [-0.25, -0.2) is 9.78 Å². The number of aromatic amines is 1. The summed E-state index contributed by atoms with van der Waals surface area (Å²) in [5.41, 5.74) is 1.39. The lowest BCUT2D eigenvalue weighted by molar-refractivity contribution is 0.240. The topological polar surface area (TPSA) is 88.4 Å². The highest BCUT2D eigenvalue weighted by Gasteiger charge is 2.22. The fourth-order valence-electron chi connectivity index (χ4n) is 4.67. The van der Waals surface area contributed by atoms with E-state index in [0.29, 0.717) is 17.7 Å². The van der Waals surface area contributed by atoms with Crippen molar-refractivity contribution < 1.29 is 4.74 Å². The smallest absolute Gasteiger partial charge is 0.329 e. The average Bonchev–Trinajstić information content (AvgIpc) is 3.21. The first kappa shape index (κ1) is 24.1. The predicted octanol–water partition coefficient (Wildman–Crippen LogP) is 2.72. The van der Waals surface area contributed by atoms with Crippen LogP contribution in [0.4, 0.5) is 5.69 Å². The Morgan fingerprint density at radius 3 is 2.38 bits per heavy atom. The Balaban J connectivity index is 1.50. The van der Waals surface area contributed by atoms with Crippen molar-refractivity contribution in [2.24, 2.45) is 7.05 Å². The number of hydrogen-bond donors (Lipinski definition) is 1.